The van der Waals surface area contributed by atoms with Crippen LogP contribution in [-0.4, -0.2) is 24.2 Å². The van der Waals surface area contributed by atoms with Crippen molar-refractivity contribution in [3.63, 3.8) is 0 Å². The quantitative estimate of drug-likeness (QED) is 0.632. The monoisotopic (exact) mass is 171 g/mol. The average Bonchev–Trinajstić information content (AvgIpc) is 2.06. The number of morpholine rings is 1. The number of hydrogen-bond donors (Lipinski definition) is 1. The van der Waals surface area contributed by atoms with Crippen LogP contribution in [0.15, 0.2) is 0 Å². The second kappa shape index (κ2) is 3.44. The largest absolute Gasteiger partial charge is 0.460 e. The summed E-state index contributed by atoms with van der Waals surface area (Å²) in [6.45, 7) is 6.69. The van der Waals surface area contributed by atoms with Gasteiger partial charge in [0.2, 0.25) is 0 Å². The van der Waals surface area contributed by atoms with Crippen LogP contribution in [0.5, 0.6) is 0 Å². The van der Waals surface area contributed by atoms with E-state index < -0.39 is 5.54 Å². The Morgan fingerprint density at radius 2 is 2.17 bits per heavy atom. The van der Waals surface area contributed by atoms with Crippen molar-refractivity contribution in [1.82, 2.24) is 5.32 Å². The lowest BCUT2D eigenvalue weighted by atomic mass is 9.91. The standard InChI is InChI=1S/C9H17NO2/c1-4-9(5-2)8(11)12-7(3)6-10-9/h7,10H,4-6H2,1-3H3. The Bertz CT molecular complexity index is 175. The van der Waals surface area contributed by atoms with Gasteiger partial charge in [-0.05, 0) is 19.8 Å². The summed E-state index contributed by atoms with van der Waals surface area (Å²) in [5.74, 6) is -0.0914. The number of hydrogen-bond acceptors (Lipinski definition) is 3. The molecule has 1 aliphatic rings. The van der Waals surface area contributed by atoms with Gasteiger partial charge in [-0.1, -0.05) is 13.8 Å². The molecule has 0 aliphatic carbocycles. The molecule has 1 aliphatic heterocycles. The highest BCUT2D eigenvalue weighted by atomic mass is 16.5. The maximum absolute atomic E-state index is 11.5. The third-order valence-electron chi connectivity index (χ3n) is 2.63. The molecule has 3 nitrogen and oxygen atoms in total. The predicted molar refractivity (Wildman–Crippen MR) is 46.9 cm³/mol. The first-order valence-corrected chi connectivity index (χ1v) is 4.60. The Morgan fingerprint density at radius 1 is 1.58 bits per heavy atom. The lowest BCUT2D eigenvalue weighted by Crippen LogP contribution is -2.59. The highest BCUT2D eigenvalue weighted by Gasteiger charge is 2.40. The molecular weight excluding hydrogens is 154 g/mol. The van der Waals surface area contributed by atoms with Gasteiger partial charge in [0.25, 0.3) is 0 Å². The normalized spacial score (nSPS) is 28.2. The van der Waals surface area contributed by atoms with Crippen LogP contribution in [0.2, 0.25) is 0 Å². The molecule has 1 saturated heterocycles. The molecule has 0 spiro atoms. The van der Waals surface area contributed by atoms with Gasteiger partial charge in [-0.2, -0.15) is 0 Å². The van der Waals surface area contributed by atoms with Crippen molar-refractivity contribution in [3.8, 4) is 0 Å². The van der Waals surface area contributed by atoms with E-state index in [1.54, 1.807) is 0 Å². The highest BCUT2D eigenvalue weighted by molar-refractivity contribution is 5.81. The number of carbonyl (C=O) groups is 1. The topological polar surface area (TPSA) is 38.3 Å². The Kier molecular flexibility index (Phi) is 2.73. The maximum Gasteiger partial charge on any atom is 0.326 e. The number of nitrogens with one attached hydrogen (secondary N) is 1. The molecule has 1 unspecified atom stereocenters. The van der Waals surface area contributed by atoms with Gasteiger partial charge in [0.05, 0.1) is 0 Å². The van der Waals surface area contributed by atoms with Crippen molar-refractivity contribution in [3.05, 3.63) is 0 Å². The van der Waals surface area contributed by atoms with E-state index in [2.05, 4.69) is 5.32 Å². The zero-order valence-corrected chi connectivity index (χ0v) is 8.02. The summed E-state index contributed by atoms with van der Waals surface area (Å²) in [7, 11) is 0. The zero-order valence-electron chi connectivity index (χ0n) is 8.02. The van der Waals surface area contributed by atoms with Crippen molar-refractivity contribution in [2.75, 3.05) is 6.54 Å². The van der Waals surface area contributed by atoms with Gasteiger partial charge in [-0.3, -0.25) is 10.1 Å². The minimum Gasteiger partial charge on any atom is -0.460 e. The summed E-state index contributed by atoms with van der Waals surface area (Å²) in [5, 5.41) is 3.26. The molecule has 0 saturated carbocycles. The van der Waals surface area contributed by atoms with Gasteiger partial charge < -0.3 is 4.74 Å². The third kappa shape index (κ3) is 1.46. The summed E-state index contributed by atoms with van der Waals surface area (Å²) in [5.41, 5.74) is -0.410. The van der Waals surface area contributed by atoms with Crippen molar-refractivity contribution >= 4 is 5.97 Å². The molecule has 0 aromatic heterocycles. The summed E-state index contributed by atoms with van der Waals surface area (Å²) >= 11 is 0. The minimum atomic E-state index is -0.410. The van der Waals surface area contributed by atoms with Crippen LogP contribution in [-0.2, 0) is 9.53 Å². The predicted octanol–water partition coefficient (Wildman–Crippen LogP) is 1.08. The van der Waals surface area contributed by atoms with Crippen LogP contribution in [0, 0.1) is 0 Å². The van der Waals surface area contributed by atoms with Crippen LogP contribution >= 0.6 is 0 Å². The van der Waals surface area contributed by atoms with Crippen LogP contribution in [0.4, 0.5) is 0 Å². The number of cyclic esters (lactones) is 1. The number of ether oxygens (including phenoxy) is 1. The highest BCUT2D eigenvalue weighted by Crippen LogP contribution is 2.21. The molecule has 0 radical (unpaired) electrons. The SMILES string of the molecule is CCC1(CC)NCC(C)OC1=O. The fraction of sp³-hybridized carbons (Fsp3) is 0.889. The molecule has 0 aromatic rings. The number of carbonyl (C=O) groups excluding carboxylic acids is 1. The van der Waals surface area contributed by atoms with Crippen molar-refractivity contribution in [2.45, 2.75) is 45.3 Å². The molecule has 1 atom stereocenters. The van der Waals surface area contributed by atoms with Gasteiger partial charge in [0.15, 0.2) is 0 Å². The van der Waals surface area contributed by atoms with Gasteiger partial charge in [0.1, 0.15) is 11.6 Å². The molecule has 1 N–H and O–H groups in total. The van der Waals surface area contributed by atoms with Gasteiger partial charge in [-0.25, -0.2) is 0 Å². The fourth-order valence-corrected chi connectivity index (χ4v) is 1.54. The fourth-order valence-electron chi connectivity index (χ4n) is 1.54. The average molecular weight is 171 g/mol. The molecule has 1 fully saturated rings. The van der Waals surface area contributed by atoms with E-state index in [1.807, 2.05) is 20.8 Å². The van der Waals surface area contributed by atoms with Crippen molar-refractivity contribution in [1.29, 1.82) is 0 Å². The molecule has 0 aromatic carbocycles. The third-order valence-corrected chi connectivity index (χ3v) is 2.63. The van der Waals surface area contributed by atoms with E-state index in [-0.39, 0.29) is 12.1 Å². The lowest BCUT2D eigenvalue weighted by Gasteiger charge is -2.37. The Hall–Kier alpha value is -0.570. The molecule has 3 heteroatoms. The first-order valence-electron chi connectivity index (χ1n) is 4.60. The van der Waals surface area contributed by atoms with Crippen molar-refractivity contribution < 1.29 is 9.53 Å². The Balaban J connectivity index is 2.71. The summed E-state index contributed by atoms with van der Waals surface area (Å²) in [6, 6.07) is 0. The molecule has 1 rings (SSSR count). The second-order valence-electron chi connectivity index (χ2n) is 3.39. The number of rotatable bonds is 2. The maximum atomic E-state index is 11.5. The lowest BCUT2D eigenvalue weighted by molar-refractivity contribution is -0.162. The smallest absolute Gasteiger partial charge is 0.326 e. The van der Waals surface area contributed by atoms with E-state index in [0.29, 0.717) is 0 Å². The van der Waals surface area contributed by atoms with E-state index in [1.165, 1.54) is 0 Å². The molecular formula is C9H17NO2. The van der Waals surface area contributed by atoms with Crippen LogP contribution in [0.3, 0.4) is 0 Å². The van der Waals surface area contributed by atoms with E-state index >= 15 is 0 Å². The first-order chi connectivity index (χ1) is 5.64. The van der Waals surface area contributed by atoms with E-state index in [0.717, 1.165) is 19.4 Å². The summed E-state index contributed by atoms with van der Waals surface area (Å²) < 4.78 is 5.18. The Morgan fingerprint density at radius 3 is 2.58 bits per heavy atom. The molecule has 0 amide bonds. The van der Waals surface area contributed by atoms with Crippen LogP contribution in [0.25, 0.3) is 0 Å². The molecule has 70 valence electrons. The second-order valence-corrected chi connectivity index (χ2v) is 3.39. The van der Waals surface area contributed by atoms with Gasteiger partial charge in [0, 0.05) is 6.54 Å². The van der Waals surface area contributed by atoms with E-state index in [4.69, 9.17) is 4.74 Å². The van der Waals surface area contributed by atoms with Crippen LogP contribution < -0.4 is 5.32 Å². The van der Waals surface area contributed by atoms with Gasteiger partial charge in [-0.15, -0.1) is 0 Å². The summed E-state index contributed by atoms with van der Waals surface area (Å²) in [4.78, 5) is 11.5. The van der Waals surface area contributed by atoms with Gasteiger partial charge >= 0.3 is 5.97 Å². The Labute approximate surface area is 73.5 Å². The molecule has 0 bridgehead atoms. The molecule has 1 heterocycles. The zero-order chi connectivity index (χ0) is 9.19. The van der Waals surface area contributed by atoms with Crippen LogP contribution in [0.1, 0.15) is 33.6 Å². The summed E-state index contributed by atoms with van der Waals surface area (Å²) in [6.07, 6.45) is 1.62. The van der Waals surface area contributed by atoms with Crippen molar-refractivity contribution in [2.24, 2.45) is 0 Å². The number of esters is 1. The first kappa shape index (κ1) is 9.52. The van der Waals surface area contributed by atoms with E-state index in [9.17, 15) is 4.79 Å². The minimum absolute atomic E-state index is 0.0173. The molecule has 12 heavy (non-hydrogen) atoms.